The lowest BCUT2D eigenvalue weighted by Gasteiger charge is -2.10. The fraction of sp³-hybridized carbons (Fsp3) is 0.115. The van der Waals surface area contributed by atoms with Crippen molar-refractivity contribution in [3.05, 3.63) is 157 Å². The lowest BCUT2D eigenvalue weighted by atomic mass is 9.93. The molecule has 14 aromatic rings. The predicted octanol–water partition coefficient (Wildman–Crippen LogP) is 11.2. The maximum atomic E-state index is 4.57. The van der Waals surface area contributed by atoms with Gasteiger partial charge in [-0.05, 0) is 68.9 Å². The van der Waals surface area contributed by atoms with E-state index in [1.54, 1.807) is 19.2 Å². The number of fused-ring (bicyclic) bond motifs is 13. The molecular weight excluding hydrogens is 793 g/mol. The third kappa shape index (κ3) is 6.81. The van der Waals surface area contributed by atoms with Crippen LogP contribution in [-0.4, -0.2) is 60.0 Å². The van der Waals surface area contributed by atoms with Crippen molar-refractivity contribution in [2.24, 2.45) is 28.2 Å². The Morgan fingerprint density at radius 2 is 0.672 bits per heavy atom. The minimum absolute atomic E-state index is 0. The SMILES string of the molecule is C.Cc1ccc2ccc3nn(C)nc3c2c1.Cn1nc2c3cccc4ccc5cccc(c2n1)c5c43.Cn1nc2c3ccccc3c3ccccc3c2n1.Cn1nc2ccccc2n1. The molecule has 0 radical (unpaired) electrons. The Bertz CT molecular complexity index is 3810. The molecule has 4 heterocycles. The first-order valence-corrected chi connectivity index (χ1v) is 20.7. The zero-order valence-corrected chi connectivity index (χ0v) is 35.3. The Hall–Kier alpha value is -8.38. The number of nitrogens with zero attached hydrogens (tertiary/aromatic N) is 12. The van der Waals surface area contributed by atoms with Gasteiger partial charge in [0.2, 0.25) is 0 Å². The van der Waals surface area contributed by atoms with Crippen molar-refractivity contribution in [2.75, 3.05) is 0 Å². The van der Waals surface area contributed by atoms with Crippen LogP contribution in [0.3, 0.4) is 0 Å². The first-order chi connectivity index (χ1) is 30.8. The predicted molar refractivity (Wildman–Crippen MR) is 262 cm³/mol. The molecule has 12 nitrogen and oxygen atoms in total. The maximum Gasteiger partial charge on any atom is 0.121 e. The van der Waals surface area contributed by atoms with E-state index in [0.29, 0.717) is 0 Å². The van der Waals surface area contributed by atoms with Crippen LogP contribution in [0.25, 0.3) is 109 Å². The molecule has 64 heavy (non-hydrogen) atoms. The quantitative estimate of drug-likeness (QED) is 0.138. The second-order valence-corrected chi connectivity index (χ2v) is 15.8. The van der Waals surface area contributed by atoms with Crippen molar-refractivity contribution in [2.45, 2.75) is 14.4 Å². The fourth-order valence-corrected chi connectivity index (χ4v) is 8.82. The molecule has 0 saturated heterocycles. The number of rotatable bonds is 0. The smallest absolute Gasteiger partial charge is 0.121 e. The summed E-state index contributed by atoms with van der Waals surface area (Å²) >= 11 is 0. The van der Waals surface area contributed by atoms with Crippen LogP contribution in [0.5, 0.6) is 0 Å². The molecule has 0 spiro atoms. The summed E-state index contributed by atoms with van der Waals surface area (Å²) in [6.45, 7) is 2.09. The standard InChI is InChI=1S/C17H11N3.C15H11N3.C12H11N3.C7H7N3.CH4/c1-20-18-16-12-6-2-4-10-8-9-11-5-3-7-13(17(16)19-20)15(11)14(10)12;1-18-16-14-12-8-4-2-6-10(12)11-7-3-5-9-13(11)15(14)17-18;1-8-3-4-9-5-6-11-12(10(9)7-8)14-15(2)13-11;1-10-8-6-4-2-3-5-7(6)9-10;/h2-9H,1H3;2-9H,1H3;3-7H,1-2H3;2-5H,1H3;1H4. The first-order valence-electron chi connectivity index (χ1n) is 20.7. The summed E-state index contributed by atoms with van der Waals surface area (Å²) in [5, 5.41) is 49.8. The van der Waals surface area contributed by atoms with Crippen LogP contribution in [0, 0.1) is 6.92 Å². The molecular formula is C52H44N12. The molecule has 4 aromatic heterocycles. The molecule has 0 N–H and O–H groups in total. The van der Waals surface area contributed by atoms with Crippen LogP contribution in [0.15, 0.2) is 152 Å². The Labute approximate surface area is 367 Å². The van der Waals surface area contributed by atoms with Crippen molar-refractivity contribution in [3.8, 4) is 0 Å². The monoisotopic (exact) mass is 836 g/mol. The van der Waals surface area contributed by atoms with Gasteiger partial charge in [-0.3, -0.25) is 0 Å². The highest BCUT2D eigenvalue weighted by molar-refractivity contribution is 6.32. The summed E-state index contributed by atoms with van der Waals surface area (Å²) in [5.74, 6) is 0. The lowest BCUT2D eigenvalue weighted by molar-refractivity contribution is 0.665. The van der Waals surface area contributed by atoms with Gasteiger partial charge in [-0.2, -0.15) is 60.0 Å². The van der Waals surface area contributed by atoms with Crippen molar-refractivity contribution in [1.82, 2.24) is 60.0 Å². The average molecular weight is 837 g/mol. The molecule has 0 atom stereocenters. The topological polar surface area (TPSA) is 123 Å². The largest absolute Gasteiger partial charge is 0.187 e. The molecule has 0 fully saturated rings. The molecule has 312 valence electrons. The van der Waals surface area contributed by atoms with E-state index >= 15 is 0 Å². The third-order valence-corrected chi connectivity index (χ3v) is 11.5. The van der Waals surface area contributed by atoms with Crippen LogP contribution in [0.4, 0.5) is 0 Å². The molecule has 0 amide bonds. The number of hydrogen-bond acceptors (Lipinski definition) is 8. The van der Waals surface area contributed by atoms with Crippen LogP contribution in [0.1, 0.15) is 13.0 Å². The minimum atomic E-state index is 0. The molecule has 10 aromatic carbocycles. The van der Waals surface area contributed by atoms with Gasteiger partial charge in [-0.25, -0.2) is 0 Å². The number of aromatic nitrogens is 12. The summed E-state index contributed by atoms with van der Waals surface area (Å²) in [4.78, 5) is 6.49. The lowest BCUT2D eigenvalue weighted by Crippen LogP contribution is -1.90. The minimum Gasteiger partial charge on any atom is -0.187 e. The normalized spacial score (nSPS) is 11.4. The van der Waals surface area contributed by atoms with Crippen molar-refractivity contribution < 1.29 is 0 Å². The summed E-state index contributed by atoms with van der Waals surface area (Å²) in [6.07, 6.45) is 0. The van der Waals surface area contributed by atoms with E-state index in [2.05, 4.69) is 157 Å². The third-order valence-electron chi connectivity index (χ3n) is 11.5. The molecule has 0 bridgehead atoms. The molecule has 0 unspecified atom stereocenters. The van der Waals surface area contributed by atoms with E-state index < -0.39 is 0 Å². The van der Waals surface area contributed by atoms with Gasteiger partial charge in [0.1, 0.15) is 44.1 Å². The molecule has 12 heteroatoms. The first kappa shape index (κ1) is 39.7. The molecule has 0 aliphatic carbocycles. The van der Waals surface area contributed by atoms with E-state index in [1.807, 2.05) is 70.7 Å². The van der Waals surface area contributed by atoms with Crippen LogP contribution in [-0.2, 0) is 28.2 Å². The van der Waals surface area contributed by atoms with Gasteiger partial charge in [-0.15, -0.1) is 0 Å². The number of hydrogen-bond donors (Lipinski definition) is 0. The molecule has 0 saturated carbocycles. The van der Waals surface area contributed by atoms with Crippen LogP contribution < -0.4 is 0 Å². The number of aryl methyl sites for hydroxylation is 5. The second-order valence-electron chi connectivity index (χ2n) is 15.8. The molecule has 0 aliphatic heterocycles. The van der Waals surface area contributed by atoms with Gasteiger partial charge < -0.3 is 0 Å². The fourth-order valence-electron chi connectivity index (χ4n) is 8.82. The van der Waals surface area contributed by atoms with Crippen molar-refractivity contribution in [1.29, 1.82) is 0 Å². The maximum absolute atomic E-state index is 4.57. The highest BCUT2D eigenvalue weighted by Crippen LogP contribution is 2.39. The summed E-state index contributed by atoms with van der Waals surface area (Å²) in [5.41, 5.74) is 9.03. The Morgan fingerprint density at radius 3 is 1.20 bits per heavy atom. The van der Waals surface area contributed by atoms with E-state index in [9.17, 15) is 0 Å². The molecule has 0 aliphatic rings. The van der Waals surface area contributed by atoms with Gasteiger partial charge in [0, 0.05) is 55.1 Å². The van der Waals surface area contributed by atoms with Crippen LogP contribution >= 0.6 is 0 Å². The highest BCUT2D eigenvalue weighted by Gasteiger charge is 2.16. The summed E-state index contributed by atoms with van der Waals surface area (Å²) in [6, 6.07) is 52.2. The van der Waals surface area contributed by atoms with Gasteiger partial charge in [-0.1, -0.05) is 140 Å². The Kier molecular flexibility index (Phi) is 9.83. The van der Waals surface area contributed by atoms with Gasteiger partial charge in [0.15, 0.2) is 0 Å². The van der Waals surface area contributed by atoms with Crippen molar-refractivity contribution >= 4 is 109 Å². The zero-order valence-electron chi connectivity index (χ0n) is 35.3. The number of benzene rings is 10. The zero-order chi connectivity index (χ0) is 42.8. The van der Waals surface area contributed by atoms with E-state index in [0.717, 1.165) is 44.1 Å². The van der Waals surface area contributed by atoms with Gasteiger partial charge in [0.25, 0.3) is 0 Å². The molecule has 14 rings (SSSR count). The average Bonchev–Trinajstić information content (AvgIpc) is 4.10. The second kappa shape index (κ2) is 15.8. The Balaban J connectivity index is 0.000000103. The van der Waals surface area contributed by atoms with E-state index in [1.165, 1.54) is 70.2 Å². The highest BCUT2D eigenvalue weighted by atomic mass is 15.5. The Morgan fingerprint density at radius 1 is 0.297 bits per heavy atom. The summed E-state index contributed by atoms with van der Waals surface area (Å²) < 4.78 is 0. The van der Waals surface area contributed by atoms with E-state index in [-0.39, 0.29) is 7.43 Å². The van der Waals surface area contributed by atoms with E-state index in [4.69, 9.17) is 0 Å². The van der Waals surface area contributed by atoms with Gasteiger partial charge >= 0.3 is 0 Å². The summed E-state index contributed by atoms with van der Waals surface area (Å²) in [7, 11) is 7.41. The van der Waals surface area contributed by atoms with Crippen molar-refractivity contribution in [3.63, 3.8) is 0 Å². The van der Waals surface area contributed by atoms with Crippen LogP contribution in [0.2, 0.25) is 0 Å². The van der Waals surface area contributed by atoms with Gasteiger partial charge in [0.05, 0.1) is 0 Å².